The molecule has 0 aliphatic heterocycles. The van der Waals surface area contributed by atoms with E-state index in [1.54, 1.807) is 0 Å². The van der Waals surface area contributed by atoms with Gasteiger partial charge >= 0.3 is 17.9 Å². The van der Waals surface area contributed by atoms with Crippen molar-refractivity contribution in [3.05, 3.63) is 36.5 Å². The standard InChI is InChI=1S/C76H142O6/c1-4-7-10-13-16-19-22-25-28-30-31-32-33-34-35-36-37-38-39-40-41-42-43-44-45-47-48-51-54-57-60-63-66-69-75(78)81-72-73(71-80-74(77)68-65-62-59-56-53-50-27-24-21-18-15-12-9-6-3)82-76(79)70-67-64-61-58-55-52-49-46-29-26-23-20-17-14-11-8-5-2/h24,26-27,29-31,73H,4-23,25,28,32-72H2,1-3H3/b27-24-,29-26-,31-30-. The summed E-state index contributed by atoms with van der Waals surface area (Å²) in [7, 11) is 0. The molecule has 0 bridgehead atoms. The number of esters is 3. The number of rotatable bonds is 69. The molecule has 482 valence electrons. The van der Waals surface area contributed by atoms with E-state index in [2.05, 4.69) is 57.2 Å². The predicted octanol–water partition coefficient (Wildman–Crippen LogP) is 25.5. The number of hydrogen-bond acceptors (Lipinski definition) is 6. The van der Waals surface area contributed by atoms with Crippen molar-refractivity contribution in [2.45, 2.75) is 419 Å². The minimum Gasteiger partial charge on any atom is -0.462 e. The molecule has 0 spiro atoms. The number of carbonyl (C=O) groups excluding carboxylic acids is 3. The highest BCUT2D eigenvalue weighted by Crippen LogP contribution is 2.19. The summed E-state index contributed by atoms with van der Waals surface area (Å²) in [5.41, 5.74) is 0. The molecule has 0 heterocycles. The SMILES string of the molecule is CCCCCCC/C=C\CCCCCCCC(=O)OCC(COC(=O)CCCCCCCCCCCCCCCCCCCCCCC/C=C\CCCCCCCCCC)OC(=O)CCCCCCCCC/C=C\CCCCCCCC. The Bertz CT molecular complexity index is 1370. The minimum absolute atomic E-state index is 0.0717. The zero-order valence-corrected chi connectivity index (χ0v) is 55.5. The summed E-state index contributed by atoms with van der Waals surface area (Å²) in [6, 6.07) is 0. The van der Waals surface area contributed by atoms with Gasteiger partial charge in [-0.2, -0.15) is 0 Å². The lowest BCUT2D eigenvalue weighted by molar-refractivity contribution is -0.167. The van der Waals surface area contributed by atoms with Crippen LogP contribution in [-0.4, -0.2) is 37.2 Å². The van der Waals surface area contributed by atoms with Crippen LogP contribution in [0.4, 0.5) is 0 Å². The smallest absolute Gasteiger partial charge is 0.306 e. The van der Waals surface area contributed by atoms with Crippen molar-refractivity contribution in [2.75, 3.05) is 13.2 Å². The zero-order valence-electron chi connectivity index (χ0n) is 55.5. The van der Waals surface area contributed by atoms with Crippen molar-refractivity contribution in [3.63, 3.8) is 0 Å². The lowest BCUT2D eigenvalue weighted by atomic mass is 10.0. The van der Waals surface area contributed by atoms with E-state index in [0.29, 0.717) is 19.3 Å². The molecule has 0 aromatic rings. The molecule has 82 heavy (non-hydrogen) atoms. The summed E-state index contributed by atoms with van der Waals surface area (Å²) in [5.74, 6) is -0.857. The Labute approximate surface area is 512 Å². The third-order valence-electron chi connectivity index (χ3n) is 16.8. The number of carbonyl (C=O) groups is 3. The van der Waals surface area contributed by atoms with Gasteiger partial charge in [0.1, 0.15) is 13.2 Å². The normalized spacial score (nSPS) is 12.2. The molecule has 0 aromatic carbocycles. The molecular formula is C76H142O6. The van der Waals surface area contributed by atoms with Crippen LogP contribution in [0.2, 0.25) is 0 Å². The van der Waals surface area contributed by atoms with E-state index in [1.165, 1.54) is 308 Å². The molecule has 6 nitrogen and oxygen atoms in total. The third kappa shape index (κ3) is 68.4. The van der Waals surface area contributed by atoms with Gasteiger partial charge in [0.05, 0.1) is 0 Å². The number of unbranched alkanes of at least 4 members (excludes halogenated alkanes) is 52. The van der Waals surface area contributed by atoms with Gasteiger partial charge in [0.25, 0.3) is 0 Å². The lowest BCUT2D eigenvalue weighted by Gasteiger charge is -2.18. The summed E-state index contributed by atoms with van der Waals surface area (Å²) in [4.78, 5) is 38.4. The van der Waals surface area contributed by atoms with Crippen LogP contribution in [0.5, 0.6) is 0 Å². The molecule has 0 aromatic heterocycles. The highest BCUT2D eigenvalue weighted by atomic mass is 16.6. The van der Waals surface area contributed by atoms with Gasteiger partial charge in [0, 0.05) is 19.3 Å². The fourth-order valence-electron chi connectivity index (χ4n) is 11.3. The Balaban J connectivity index is 4.12. The Morgan fingerprint density at radius 2 is 0.402 bits per heavy atom. The number of hydrogen-bond donors (Lipinski definition) is 0. The Morgan fingerprint density at radius 1 is 0.232 bits per heavy atom. The average Bonchev–Trinajstić information content (AvgIpc) is 3.48. The number of allylic oxidation sites excluding steroid dienone is 6. The molecule has 0 N–H and O–H groups in total. The first-order valence-corrected chi connectivity index (χ1v) is 37.0. The third-order valence-corrected chi connectivity index (χ3v) is 16.8. The molecule has 0 fully saturated rings. The van der Waals surface area contributed by atoms with Gasteiger partial charge in [-0.3, -0.25) is 14.4 Å². The summed E-state index contributed by atoms with van der Waals surface area (Å²) >= 11 is 0. The van der Waals surface area contributed by atoms with Crippen LogP contribution in [0.25, 0.3) is 0 Å². The van der Waals surface area contributed by atoms with E-state index < -0.39 is 6.10 Å². The number of ether oxygens (including phenoxy) is 3. The first-order valence-electron chi connectivity index (χ1n) is 37.0. The molecular weight excluding hydrogens is 1010 g/mol. The largest absolute Gasteiger partial charge is 0.462 e. The monoisotopic (exact) mass is 1150 g/mol. The molecule has 1 unspecified atom stereocenters. The van der Waals surface area contributed by atoms with Crippen LogP contribution in [0.15, 0.2) is 36.5 Å². The Hall–Kier alpha value is -2.37. The van der Waals surface area contributed by atoms with Crippen LogP contribution in [0.1, 0.15) is 412 Å². The van der Waals surface area contributed by atoms with Crippen LogP contribution < -0.4 is 0 Å². The molecule has 0 saturated heterocycles. The maximum absolute atomic E-state index is 12.9. The van der Waals surface area contributed by atoms with Crippen molar-refractivity contribution >= 4 is 17.9 Å². The van der Waals surface area contributed by atoms with E-state index >= 15 is 0 Å². The maximum Gasteiger partial charge on any atom is 0.306 e. The molecule has 6 heteroatoms. The molecule has 0 aliphatic rings. The topological polar surface area (TPSA) is 78.9 Å². The fourth-order valence-corrected chi connectivity index (χ4v) is 11.3. The fraction of sp³-hybridized carbons (Fsp3) is 0.882. The van der Waals surface area contributed by atoms with Gasteiger partial charge in [0.15, 0.2) is 6.10 Å². The molecule has 0 amide bonds. The van der Waals surface area contributed by atoms with Crippen LogP contribution in [0, 0.1) is 0 Å². The predicted molar refractivity (Wildman–Crippen MR) is 358 cm³/mol. The van der Waals surface area contributed by atoms with Crippen molar-refractivity contribution in [2.24, 2.45) is 0 Å². The first-order chi connectivity index (χ1) is 40.5. The second-order valence-corrected chi connectivity index (χ2v) is 25.2. The van der Waals surface area contributed by atoms with E-state index in [0.717, 1.165) is 64.2 Å². The molecule has 1 atom stereocenters. The lowest BCUT2D eigenvalue weighted by Crippen LogP contribution is -2.30. The van der Waals surface area contributed by atoms with Crippen molar-refractivity contribution in [3.8, 4) is 0 Å². The summed E-state index contributed by atoms with van der Waals surface area (Å²) < 4.78 is 17.0. The van der Waals surface area contributed by atoms with Crippen molar-refractivity contribution < 1.29 is 28.6 Å². The first kappa shape index (κ1) is 79.6. The minimum atomic E-state index is -0.776. The van der Waals surface area contributed by atoms with Crippen molar-refractivity contribution in [1.82, 2.24) is 0 Å². The van der Waals surface area contributed by atoms with E-state index in [1.807, 2.05) is 0 Å². The molecule has 0 saturated carbocycles. The Kier molecular flexibility index (Phi) is 69.1. The van der Waals surface area contributed by atoms with Gasteiger partial charge < -0.3 is 14.2 Å². The van der Waals surface area contributed by atoms with Gasteiger partial charge in [-0.1, -0.05) is 333 Å². The second kappa shape index (κ2) is 71.1. The average molecular weight is 1150 g/mol. The van der Waals surface area contributed by atoms with Crippen LogP contribution >= 0.6 is 0 Å². The van der Waals surface area contributed by atoms with E-state index in [4.69, 9.17) is 14.2 Å². The van der Waals surface area contributed by atoms with Gasteiger partial charge in [0.2, 0.25) is 0 Å². The van der Waals surface area contributed by atoms with E-state index in [-0.39, 0.29) is 31.1 Å². The highest BCUT2D eigenvalue weighted by Gasteiger charge is 2.19. The summed E-state index contributed by atoms with van der Waals surface area (Å²) in [6.45, 7) is 6.69. The Morgan fingerprint density at radius 3 is 0.610 bits per heavy atom. The van der Waals surface area contributed by atoms with Gasteiger partial charge in [-0.25, -0.2) is 0 Å². The van der Waals surface area contributed by atoms with Gasteiger partial charge in [-0.15, -0.1) is 0 Å². The maximum atomic E-state index is 12.9. The molecule has 0 rings (SSSR count). The molecule has 0 aliphatic carbocycles. The quantitative estimate of drug-likeness (QED) is 0.0261. The molecule has 0 radical (unpaired) electrons. The summed E-state index contributed by atoms with van der Waals surface area (Å²) in [6.07, 6.45) is 89.1. The second-order valence-electron chi connectivity index (χ2n) is 25.2. The van der Waals surface area contributed by atoms with Crippen molar-refractivity contribution in [1.29, 1.82) is 0 Å². The summed E-state index contributed by atoms with van der Waals surface area (Å²) in [5, 5.41) is 0. The highest BCUT2D eigenvalue weighted by molar-refractivity contribution is 5.71. The van der Waals surface area contributed by atoms with Gasteiger partial charge in [-0.05, 0) is 96.3 Å². The van der Waals surface area contributed by atoms with Crippen LogP contribution in [-0.2, 0) is 28.6 Å². The van der Waals surface area contributed by atoms with Crippen LogP contribution in [0.3, 0.4) is 0 Å². The van der Waals surface area contributed by atoms with E-state index in [9.17, 15) is 14.4 Å². The zero-order chi connectivity index (χ0) is 59.2.